The van der Waals surface area contributed by atoms with Crippen LogP contribution >= 0.6 is 0 Å². The fourth-order valence-electron chi connectivity index (χ4n) is 2.64. The van der Waals surface area contributed by atoms with Gasteiger partial charge in [-0.15, -0.1) is 0 Å². The van der Waals surface area contributed by atoms with Crippen LogP contribution in [0.4, 0.5) is 0 Å². The molecule has 5 heteroatoms. The second-order valence-corrected chi connectivity index (χ2v) is 5.03. The quantitative estimate of drug-likeness (QED) is 0.847. The van der Waals surface area contributed by atoms with Crippen molar-refractivity contribution in [2.75, 3.05) is 13.7 Å². The lowest BCUT2D eigenvalue weighted by Crippen LogP contribution is -2.45. The third kappa shape index (κ3) is 2.97. The van der Waals surface area contributed by atoms with Crippen LogP contribution in [0, 0.1) is 5.41 Å². The number of nitrogens with one attached hydrogen (secondary N) is 1. The van der Waals surface area contributed by atoms with Gasteiger partial charge in [0.2, 0.25) is 0 Å². The normalized spacial score (nSPS) is 17.7. The number of amides is 1. The number of rotatable bonds is 4. The molecule has 0 radical (unpaired) electrons. The van der Waals surface area contributed by atoms with Crippen molar-refractivity contribution in [3.05, 3.63) is 24.2 Å². The molecular weight excluding hydrogens is 246 g/mol. The molecule has 5 nitrogen and oxygen atoms in total. The highest BCUT2D eigenvalue weighted by molar-refractivity contribution is 5.94. The SMILES string of the molecule is COC(=O)C1(CNC(=O)c2ccoc2)CCCCC1. The number of hydrogen-bond acceptors (Lipinski definition) is 4. The Balaban J connectivity index is 2.00. The molecular formula is C14H19NO4. The maximum atomic E-state index is 12.0. The zero-order chi connectivity index (χ0) is 13.7. The molecule has 1 amide bonds. The van der Waals surface area contributed by atoms with Crippen molar-refractivity contribution < 1.29 is 18.7 Å². The van der Waals surface area contributed by atoms with Crippen molar-refractivity contribution in [2.45, 2.75) is 32.1 Å². The Morgan fingerprint density at radius 3 is 2.68 bits per heavy atom. The van der Waals surface area contributed by atoms with Gasteiger partial charge in [0, 0.05) is 6.54 Å². The molecule has 0 aromatic carbocycles. The van der Waals surface area contributed by atoms with Crippen molar-refractivity contribution in [3.63, 3.8) is 0 Å². The van der Waals surface area contributed by atoms with Crippen LogP contribution in [0.5, 0.6) is 0 Å². The number of carbonyl (C=O) groups excluding carboxylic acids is 2. The number of carbonyl (C=O) groups is 2. The first-order valence-corrected chi connectivity index (χ1v) is 6.57. The third-order valence-electron chi connectivity index (χ3n) is 3.80. The van der Waals surface area contributed by atoms with E-state index in [1.54, 1.807) is 6.07 Å². The summed E-state index contributed by atoms with van der Waals surface area (Å²) >= 11 is 0. The summed E-state index contributed by atoms with van der Waals surface area (Å²) in [5.74, 6) is -0.442. The lowest BCUT2D eigenvalue weighted by Gasteiger charge is -2.34. The first-order valence-electron chi connectivity index (χ1n) is 6.57. The van der Waals surface area contributed by atoms with Crippen LogP contribution in [0.3, 0.4) is 0 Å². The summed E-state index contributed by atoms with van der Waals surface area (Å²) in [4.78, 5) is 23.9. The Morgan fingerprint density at radius 1 is 1.37 bits per heavy atom. The molecule has 1 fully saturated rings. The minimum atomic E-state index is -0.563. The van der Waals surface area contributed by atoms with Crippen LogP contribution in [-0.4, -0.2) is 25.5 Å². The van der Waals surface area contributed by atoms with Crippen molar-refractivity contribution >= 4 is 11.9 Å². The minimum Gasteiger partial charge on any atom is -0.472 e. The van der Waals surface area contributed by atoms with E-state index in [4.69, 9.17) is 9.15 Å². The lowest BCUT2D eigenvalue weighted by molar-refractivity contribution is -0.154. The van der Waals surface area contributed by atoms with Crippen LogP contribution in [0.25, 0.3) is 0 Å². The Hall–Kier alpha value is -1.78. The monoisotopic (exact) mass is 265 g/mol. The lowest BCUT2D eigenvalue weighted by atomic mass is 9.74. The van der Waals surface area contributed by atoms with E-state index in [1.807, 2.05) is 0 Å². The van der Waals surface area contributed by atoms with Gasteiger partial charge in [-0.3, -0.25) is 9.59 Å². The van der Waals surface area contributed by atoms with E-state index in [-0.39, 0.29) is 11.9 Å². The van der Waals surface area contributed by atoms with E-state index >= 15 is 0 Å². The smallest absolute Gasteiger partial charge is 0.313 e. The standard InChI is InChI=1S/C14H19NO4/c1-18-13(17)14(6-3-2-4-7-14)10-15-12(16)11-5-8-19-9-11/h5,8-9H,2-4,6-7,10H2,1H3,(H,15,16). The van der Waals surface area contributed by atoms with Gasteiger partial charge in [-0.2, -0.15) is 0 Å². The zero-order valence-electron chi connectivity index (χ0n) is 11.1. The molecule has 0 spiro atoms. The third-order valence-corrected chi connectivity index (χ3v) is 3.80. The van der Waals surface area contributed by atoms with Gasteiger partial charge in [0.1, 0.15) is 6.26 Å². The highest BCUT2D eigenvalue weighted by atomic mass is 16.5. The first-order chi connectivity index (χ1) is 9.18. The first kappa shape index (κ1) is 13.6. The molecule has 1 aromatic heterocycles. The molecule has 2 rings (SSSR count). The predicted molar refractivity (Wildman–Crippen MR) is 68.6 cm³/mol. The minimum absolute atomic E-state index is 0.220. The van der Waals surface area contributed by atoms with Crippen molar-refractivity contribution in [3.8, 4) is 0 Å². The van der Waals surface area contributed by atoms with E-state index < -0.39 is 5.41 Å². The highest BCUT2D eigenvalue weighted by Crippen LogP contribution is 2.36. The average Bonchev–Trinajstić information content (AvgIpc) is 2.99. The van der Waals surface area contributed by atoms with Gasteiger partial charge in [-0.05, 0) is 18.9 Å². The Bertz CT molecular complexity index is 432. The van der Waals surface area contributed by atoms with Gasteiger partial charge in [-0.25, -0.2) is 0 Å². The van der Waals surface area contributed by atoms with Gasteiger partial charge in [-0.1, -0.05) is 19.3 Å². The molecule has 1 N–H and O–H groups in total. The fraction of sp³-hybridized carbons (Fsp3) is 0.571. The predicted octanol–water partition coefficient (Wildman–Crippen LogP) is 2.13. The molecule has 1 heterocycles. The molecule has 1 aliphatic carbocycles. The molecule has 0 saturated heterocycles. The molecule has 0 aliphatic heterocycles. The number of esters is 1. The van der Waals surface area contributed by atoms with Gasteiger partial charge in [0.15, 0.2) is 0 Å². The molecule has 0 atom stereocenters. The van der Waals surface area contributed by atoms with Crippen LogP contribution < -0.4 is 5.32 Å². The maximum absolute atomic E-state index is 12.0. The summed E-state index contributed by atoms with van der Waals surface area (Å²) in [7, 11) is 1.40. The van der Waals surface area contributed by atoms with Crippen molar-refractivity contribution in [1.29, 1.82) is 0 Å². The summed E-state index contributed by atoms with van der Waals surface area (Å²) in [6, 6.07) is 1.60. The van der Waals surface area contributed by atoms with E-state index in [1.165, 1.54) is 19.6 Å². The largest absolute Gasteiger partial charge is 0.472 e. The number of methoxy groups -OCH3 is 1. The molecule has 1 aromatic rings. The average molecular weight is 265 g/mol. The number of ether oxygens (including phenoxy) is 1. The summed E-state index contributed by atoms with van der Waals surface area (Å²) in [5, 5.41) is 2.81. The van der Waals surface area contributed by atoms with Crippen molar-refractivity contribution in [1.82, 2.24) is 5.32 Å². The Labute approximate surface area is 112 Å². The summed E-state index contributed by atoms with van der Waals surface area (Å²) in [5.41, 5.74) is -0.0947. The topological polar surface area (TPSA) is 68.5 Å². The van der Waals surface area contributed by atoms with Gasteiger partial charge >= 0.3 is 5.97 Å². The van der Waals surface area contributed by atoms with E-state index in [0.29, 0.717) is 12.1 Å². The van der Waals surface area contributed by atoms with Gasteiger partial charge in [0.25, 0.3) is 5.91 Å². The fourth-order valence-corrected chi connectivity index (χ4v) is 2.64. The second-order valence-electron chi connectivity index (χ2n) is 5.03. The van der Waals surface area contributed by atoms with Crippen LogP contribution in [0.1, 0.15) is 42.5 Å². The van der Waals surface area contributed by atoms with Gasteiger partial charge < -0.3 is 14.5 Å². The number of hydrogen-bond donors (Lipinski definition) is 1. The molecule has 0 bridgehead atoms. The van der Waals surface area contributed by atoms with E-state index in [9.17, 15) is 9.59 Å². The molecule has 1 aliphatic rings. The van der Waals surface area contributed by atoms with Crippen molar-refractivity contribution in [2.24, 2.45) is 5.41 Å². The Kier molecular flexibility index (Phi) is 4.24. The van der Waals surface area contributed by atoms with E-state index in [0.717, 1.165) is 32.1 Å². The van der Waals surface area contributed by atoms with E-state index in [2.05, 4.69) is 5.32 Å². The molecule has 104 valence electrons. The van der Waals surface area contributed by atoms with Crippen LogP contribution in [0.2, 0.25) is 0 Å². The van der Waals surface area contributed by atoms with Crippen LogP contribution in [0.15, 0.2) is 23.0 Å². The summed E-state index contributed by atoms with van der Waals surface area (Å²) < 4.78 is 9.78. The summed E-state index contributed by atoms with van der Waals surface area (Å²) in [6.07, 6.45) is 7.51. The van der Waals surface area contributed by atoms with Gasteiger partial charge in [0.05, 0.1) is 24.4 Å². The Morgan fingerprint density at radius 2 is 2.11 bits per heavy atom. The molecule has 1 saturated carbocycles. The zero-order valence-corrected chi connectivity index (χ0v) is 11.1. The summed E-state index contributed by atoms with van der Waals surface area (Å²) in [6.45, 7) is 0.323. The van der Waals surface area contributed by atoms with Crippen LogP contribution in [-0.2, 0) is 9.53 Å². The number of furan rings is 1. The second kappa shape index (κ2) is 5.91. The maximum Gasteiger partial charge on any atom is 0.313 e. The highest BCUT2D eigenvalue weighted by Gasteiger charge is 2.40. The molecule has 0 unspecified atom stereocenters. The molecule has 19 heavy (non-hydrogen) atoms.